The quantitative estimate of drug-likeness (QED) is 0.738. The first kappa shape index (κ1) is 15.6. The largest absolute Gasteiger partial charge is 0.324 e. The molecule has 0 aromatic heterocycles. The van der Waals surface area contributed by atoms with Gasteiger partial charge in [-0.1, -0.05) is 27.2 Å². The van der Waals surface area contributed by atoms with Gasteiger partial charge in [-0.25, -0.2) is 4.79 Å². The molecule has 0 N–H and O–H groups in total. The number of urea groups is 1. The molecule has 1 saturated heterocycles. The van der Waals surface area contributed by atoms with Crippen LogP contribution in [0, 0.1) is 11.3 Å². The lowest BCUT2D eigenvalue weighted by Crippen LogP contribution is -2.54. The monoisotopic (exact) mass is 281 g/mol. The van der Waals surface area contributed by atoms with Crippen LogP contribution >= 0.6 is 0 Å². The molecule has 2 atom stereocenters. The Kier molecular flexibility index (Phi) is 4.62. The van der Waals surface area contributed by atoms with E-state index in [1.165, 1.54) is 12.8 Å². The summed E-state index contributed by atoms with van der Waals surface area (Å²) in [5.74, 6) is 0.629. The van der Waals surface area contributed by atoms with Crippen molar-refractivity contribution in [2.75, 3.05) is 40.3 Å². The molecule has 1 heterocycles. The van der Waals surface area contributed by atoms with Crippen LogP contribution in [-0.4, -0.2) is 67.0 Å². The van der Waals surface area contributed by atoms with E-state index in [1.54, 1.807) is 0 Å². The third-order valence-corrected chi connectivity index (χ3v) is 5.16. The van der Waals surface area contributed by atoms with Crippen LogP contribution in [0.15, 0.2) is 0 Å². The smallest absolute Gasteiger partial charge is 0.320 e. The van der Waals surface area contributed by atoms with Gasteiger partial charge in [-0.3, -0.25) is 0 Å². The molecular formula is C16H31N3O. The Balaban J connectivity index is 1.99. The Morgan fingerprint density at radius 3 is 2.25 bits per heavy atom. The molecular weight excluding hydrogens is 250 g/mol. The number of likely N-dealkylation sites (N-methyl/N-ethyl adjacent to an activating group) is 1. The van der Waals surface area contributed by atoms with Crippen LogP contribution in [-0.2, 0) is 0 Å². The Hall–Kier alpha value is -0.770. The molecule has 2 rings (SSSR count). The van der Waals surface area contributed by atoms with Crippen LogP contribution in [0.2, 0.25) is 0 Å². The third kappa shape index (κ3) is 3.27. The fourth-order valence-corrected chi connectivity index (χ4v) is 3.78. The molecule has 0 aromatic rings. The van der Waals surface area contributed by atoms with Crippen LogP contribution < -0.4 is 0 Å². The molecule has 1 saturated carbocycles. The Bertz CT molecular complexity index is 342. The number of hydrogen-bond donors (Lipinski definition) is 0. The molecule has 2 unspecified atom stereocenters. The van der Waals surface area contributed by atoms with Gasteiger partial charge >= 0.3 is 6.03 Å². The summed E-state index contributed by atoms with van der Waals surface area (Å²) < 4.78 is 0. The Labute approximate surface area is 124 Å². The predicted octanol–water partition coefficient (Wildman–Crippen LogP) is 2.50. The average molecular weight is 281 g/mol. The zero-order chi connectivity index (χ0) is 14.9. The van der Waals surface area contributed by atoms with Crippen LogP contribution in [0.5, 0.6) is 0 Å². The minimum Gasteiger partial charge on any atom is -0.324 e. The van der Waals surface area contributed by atoms with Gasteiger partial charge in [0.15, 0.2) is 0 Å². The van der Waals surface area contributed by atoms with Crippen molar-refractivity contribution < 1.29 is 4.79 Å². The van der Waals surface area contributed by atoms with Crippen LogP contribution in [0.1, 0.15) is 40.0 Å². The highest BCUT2D eigenvalue weighted by atomic mass is 16.2. The normalized spacial score (nSPS) is 28.8. The van der Waals surface area contributed by atoms with Gasteiger partial charge in [0.05, 0.1) is 0 Å². The highest BCUT2D eigenvalue weighted by Gasteiger charge is 2.40. The van der Waals surface area contributed by atoms with Gasteiger partial charge in [-0.15, -0.1) is 0 Å². The average Bonchev–Trinajstić information content (AvgIpc) is 2.87. The van der Waals surface area contributed by atoms with Gasteiger partial charge in [-0.2, -0.15) is 0 Å². The maximum absolute atomic E-state index is 12.7. The van der Waals surface area contributed by atoms with E-state index in [9.17, 15) is 4.79 Å². The first-order chi connectivity index (χ1) is 9.30. The Morgan fingerprint density at radius 2 is 1.70 bits per heavy atom. The molecule has 4 nitrogen and oxygen atoms in total. The number of nitrogens with zero attached hydrogens (tertiary/aromatic N) is 3. The zero-order valence-electron chi connectivity index (χ0n) is 13.9. The minimum atomic E-state index is 0.235. The van der Waals surface area contributed by atoms with Gasteiger partial charge in [0.1, 0.15) is 0 Å². The van der Waals surface area contributed by atoms with Crippen LogP contribution in [0.4, 0.5) is 4.79 Å². The van der Waals surface area contributed by atoms with Crippen molar-refractivity contribution in [3.63, 3.8) is 0 Å². The predicted molar refractivity (Wildman–Crippen MR) is 82.8 cm³/mol. The van der Waals surface area contributed by atoms with E-state index >= 15 is 0 Å². The van der Waals surface area contributed by atoms with Crippen molar-refractivity contribution in [3.8, 4) is 0 Å². The van der Waals surface area contributed by atoms with Crippen LogP contribution in [0.25, 0.3) is 0 Å². The maximum atomic E-state index is 12.7. The summed E-state index contributed by atoms with van der Waals surface area (Å²) in [5.41, 5.74) is 0.290. The Morgan fingerprint density at radius 1 is 1.10 bits per heavy atom. The summed E-state index contributed by atoms with van der Waals surface area (Å²) in [4.78, 5) is 19.0. The van der Waals surface area contributed by atoms with Crippen LogP contribution in [0.3, 0.4) is 0 Å². The summed E-state index contributed by atoms with van der Waals surface area (Å²) in [6.07, 6.45) is 3.68. The number of rotatable bonds is 1. The van der Waals surface area contributed by atoms with E-state index in [1.807, 2.05) is 16.8 Å². The van der Waals surface area contributed by atoms with Gasteiger partial charge in [0.2, 0.25) is 0 Å². The highest BCUT2D eigenvalue weighted by Crippen LogP contribution is 2.41. The molecule has 20 heavy (non-hydrogen) atoms. The summed E-state index contributed by atoms with van der Waals surface area (Å²) >= 11 is 0. The molecule has 0 aromatic carbocycles. The molecule has 0 radical (unpaired) electrons. The summed E-state index contributed by atoms with van der Waals surface area (Å²) in [6.45, 7) is 10.7. The number of carbonyl (C=O) groups is 1. The second-order valence-electron chi connectivity index (χ2n) is 7.65. The SMILES string of the molecule is CN1CCN(C(=O)N(C)C2CCCC2C(C)(C)C)CC1. The van der Waals surface area contributed by atoms with Gasteiger partial charge in [0, 0.05) is 39.3 Å². The first-order valence-electron chi connectivity index (χ1n) is 8.01. The fourth-order valence-electron chi connectivity index (χ4n) is 3.78. The molecule has 2 fully saturated rings. The molecule has 0 spiro atoms. The van der Waals surface area contributed by atoms with E-state index in [-0.39, 0.29) is 11.4 Å². The van der Waals surface area contributed by atoms with Crippen molar-refractivity contribution >= 4 is 6.03 Å². The van der Waals surface area contributed by atoms with E-state index in [0.717, 1.165) is 32.6 Å². The van der Waals surface area contributed by atoms with E-state index in [2.05, 4.69) is 32.7 Å². The summed E-state index contributed by atoms with van der Waals surface area (Å²) in [6, 6.07) is 0.654. The summed E-state index contributed by atoms with van der Waals surface area (Å²) in [7, 11) is 4.13. The van der Waals surface area contributed by atoms with Gasteiger partial charge < -0.3 is 14.7 Å². The topological polar surface area (TPSA) is 26.8 Å². The molecule has 4 heteroatoms. The molecule has 0 bridgehead atoms. The number of hydrogen-bond acceptors (Lipinski definition) is 2. The molecule has 116 valence electrons. The lowest BCUT2D eigenvalue weighted by molar-refractivity contribution is 0.0903. The second-order valence-corrected chi connectivity index (χ2v) is 7.65. The molecule has 2 aliphatic rings. The third-order valence-electron chi connectivity index (χ3n) is 5.16. The van der Waals surface area contributed by atoms with Crippen molar-refractivity contribution in [2.24, 2.45) is 11.3 Å². The standard InChI is InChI=1S/C16H31N3O/c1-16(2,3)13-7-6-8-14(13)18(5)15(20)19-11-9-17(4)10-12-19/h13-14H,6-12H2,1-5H3. The fraction of sp³-hybridized carbons (Fsp3) is 0.938. The lowest BCUT2D eigenvalue weighted by atomic mass is 9.77. The van der Waals surface area contributed by atoms with Crippen molar-refractivity contribution in [1.82, 2.24) is 14.7 Å². The molecule has 2 amide bonds. The minimum absolute atomic E-state index is 0.235. The highest BCUT2D eigenvalue weighted by molar-refractivity contribution is 5.74. The van der Waals surface area contributed by atoms with E-state index < -0.39 is 0 Å². The zero-order valence-corrected chi connectivity index (χ0v) is 13.9. The maximum Gasteiger partial charge on any atom is 0.320 e. The van der Waals surface area contributed by atoms with E-state index in [4.69, 9.17) is 0 Å². The lowest BCUT2D eigenvalue weighted by Gasteiger charge is -2.41. The molecule has 1 aliphatic heterocycles. The van der Waals surface area contributed by atoms with Crippen molar-refractivity contribution in [2.45, 2.75) is 46.1 Å². The number of piperazine rings is 1. The van der Waals surface area contributed by atoms with E-state index in [0.29, 0.717) is 12.0 Å². The van der Waals surface area contributed by atoms with Crippen molar-refractivity contribution in [1.29, 1.82) is 0 Å². The number of carbonyl (C=O) groups excluding carboxylic acids is 1. The summed E-state index contributed by atoms with van der Waals surface area (Å²) in [5, 5.41) is 0. The van der Waals surface area contributed by atoms with Crippen molar-refractivity contribution in [3.05, 3.63) is 0 Å². The number of amides is 2. The second kappa shape index (κ2) is 5.92. The molecule has 1 aliphatic carbocycles. The first-order valence-corrected chi connectivity index (χ1v) is 8.01. The van der Waals surface area contributed by atoms with Gasteiger partial charge in [-0.05, 0) is 31.2 Å². The van der Waals surface area contributed by atoms with Gasteiger partial charge in [0.25, 0.3) is 0 Å².